The van der Waals surface area contributed by atoms with E-state index in [-0.39, 0.29) is 5.88 Å². The summed E-state index contributed by atoms with van der Waals surface area (Å²) in [6.45, 7) is 0. The highest BCUT2D eigenvalue weighted by molar-refractivity contribution is 7.99. The summed E-state index contributed by atoms with van der Waals surface area (Å²) in [5.74, 6) is 0.898. The fourth-order valence-electron chi connectivity index (χ4n) is 0.801. The van der Waals surface area contributed by atoms with Crippen molar-refractivity contribution in [1.82, 2.24) is 0 Å². The maximum absolute atomic E-state index is 9.20. The van der Waals surface area contributed by atoms with E-state index in [1.807, 2.05) is 24.3 Å². The van der Waals surface area contributed by atoms with Crippen molar-refractivity contribution in [3.8, 4) is 0 Å². The van der Waals surface area contributed by atoms with Crippen molar-refractivity contribution < 1.29 is 5.11 Å². The number of halogens is 1. The molecule has 3 N–H and O–H groups in total. The molecule has 4 heteroatoms. The van der Waals surface area contributed by atoms with E-state index < -0.39 is 6.10 Å². The molecule has 0 aliphatic carbocycles. The molecule has 1 rings (SSSR count). The maximum atomic E-state index is 9.20. The molecule has 2 nitrogen and oxygen atoms in total. The lowest BCUT2D eigenvalue weighted by molar-refractivity contribution is 0.223. The van der Waals surface area contributed by atoms with Gasteiger partial charge >= 0.3 is 0 Å². The zero-order valence-corrected chi connectivity index (χ0v) is 8.68. The quantitative estimate of drug-likeness (QED) is 0.461. The highest BCUT2D eigenvalue weighted by Crippen LogP contribution is 2.19. The molecule has 0 radical (unpaired) electrons. The van der Waals surface area contributed by atoms with Gasteiger partial charge in [-0.05, 0) is 24.3 Å². The van der Waals surface area contributed by atoms with Gasteiger partial charge < -0.3 is 10.8 Å². The second-order valence-corrected chi connectivity index (χ2v) is 4.09. The van der Waals surface area contributed by atoms with Gasteiger partial charge in [-0.15, -0.1) is 23.4 Å². The second-order valence-electron chi connectivity index (χ2n) is 2.69. The SMILES string of the molecule is Nc1ccc(SCC(O)CCl)cc1. The summed E-state index contributed by atoms with van der Waals surface area (Å²) in [7, 11) is 0. The lowest BCUT2D eigenvalue weighted by atomic mass is 10.3. The van der Waals surface area contributed by atoms with Gasteiger partial charge in [0.25, 0.3) is 0 Å². The summed E-state index contributed by atoms with van der Waals surface area (Å²) in [6, 6.07) is 7.55. The van der Waals surface area contributed by atoms with E-state index in [0.29, 0.717) is 5.75 Å². The van der Waals surface area contributed by atoms with Crippen LogP contribution in [0.5, 0.6) is 0 Å². The minimum absolute atomic E-state index is 0.280. The predicted octanol–water partition coefficient (Wildman–Crippen LogP) is 1.96. The van der Waals surface area contributed by atoms with Gasteiger partial charge in [0.05, 0.1) is 6.10 Å². The van der Waals surface area contributed by atoms with E-state index in [4.69, 9.17) is 17.3 Å². The first-order valence-corrected chi connectivity index (χ1v) is 5.46. The van der Waals surface area contributed by atoms with Gasteiger partial charge in [-0.25, -0.2) is 0 Å². The fourth-order valence-corrected chi connectivity index (χ4v) is 1.87. The molecule has 0 bridgehead atoms. The van der Waals surface area contributed by atoms with E-state index in [9.17, 15) is 5.11 Å². The first-order valence-electron chi connectivity index (χ1n) is 3.94. The number of aliphatic hydroxyl groups excluding tert-OH is 1. The molecule has 0 aromatic heterocycles. The molecule has 1 unspecified atom stereocenters. The van der Waals surface area contributed by atoms with Gasteiger partial charge in [-0.2, -0.15) is 0 Å². The van der Waals surface area contributed by atoms with Crippen molar-refractivity contribution in [2.45, 2.75) is 11.0 Å². The normalized spacial score (nSPS) is 12.8. The molecule has 0 amide bonds. The number of nitrogen functional groups attached to an aromatic ring is 1. The highest BCUT2D eigenvalue weighted by Gasteiger charge is 2.02. The van der Waals surface area contributed by atoms with Crippen LogP contribution in [-0.4, -0.2) is 22.8 Å². The van der Waals surface area contributed by atoms with Gasteiger partial charge in [0.2, 0.25) is 0 Å². The monoisotopic (exact) mass is 217 g/mol. The molecule has 1 atom stereocenters. The van der Waals surface area contributed by atoms with Crippen LogP contribution in [0, 0.1) is 0 Å². The zero-order valence-electron chi connectivity index (χ0n) is 7.11. The number of thioether (sulfide) groups is 1. The number of hydrogen-bond acceptors (Lipinski definition) is 3. The Balaban J connectivity index is 2.41. The number of nitrogens with two attached hydrogens (primary N) is 1. The van der Waals surface area contributed by atoms with Gasteiger partial charge in [0, 0.05) is 22.2 Å². The Labute approximate surface area is 87.1 Å². The Morgan fingerprint density at radius 3 is 2.54 bits per heavy atom. The van der Waals surface area contributed by atoms with Crippen LogP contribution < -0.4 is 5.73 Å². The largest absolute Gasteiger partial charge is 0.399 e. The lowest BCUT2D eigenvalue weighted by Crippen LogP contribution is -2.10. The average Bonchev–Trinajstić information content (AvgIpc) is 2.16. The molecule has 0 spiro atoms. The van der Waals surface area contributed by atoms with Gasteiger partial charge in [-0.1, -0.05) is 0 Å². The van der Waals surface area contributed by atoms with Crippen LogP contribution in [0.1, 0.15) is 0 Å². The number of rotatable bonds is 4. The van der Waals surface area contributed by atoms with Crippen molar-refractivity contribution in [3.05, 3.63) is 24.3 Å². The van der Waals surface area contributed by atoms with Crippen molar-refractivity contribution in [2.24, 2.45) is 0 Å². The van der Waals surface area contributed by atoms with E-state index in [0.717, 1.165) is 10.6 Å². The van der Waals surface area contributed by atoms with E-state index >= 15 is 0 Å². The fraction of sp³-hybridized carbons (Fsp3) is 0.333. The summed E-state index contributed by atoms with van der Waals surface area (Å²) in [5.41, 5.74) is 6.28. The van der Waals surface area contributed by atoms with Gasteiger partial charge in [0.15, 0.2) is 0 Å². The second kappa shape index (κ2) is 5.37. The van der Waals surface area contributed by atoms with Gasteiger partial charge in [0.1, 0.15) is 0 Å². The van der Waals surface area contributed by atoms with Crippen LogP contribution in [0.3, 0.4) is 0 Å². The minimum atomic E-state index is -0.441. The molecule has 0 heterocycles. The third kappa shape index (κ3) is 3.89. The Morgan fingerprint density at radius 1 is 1.38 bits per heavy atom. The smallest absolute Gasteiger partial charge is 0.0769 e. The van der Waals surface area contributed by atoms with Gasteiger partial charge in [-0.3, -0.25) is 0 Å². The Morgan fingerprint density at radius 2 is 2.00 bits per heavy atom. The third-order valence-corrected chi connectivity index (χ3v) is 3.01. The lowest BCUT2D eigenvalue weighted by Gasteiger charge is -2.05. The predicted molar refractivity (Wildman–Crippen MR) is 58.3 cm³/mol. The third-order valence-electron chi connectivity index (χ3n) is 1.50. The average molecular weight is 218 g/mol. The van der Waals surface area contributed by atoms with Crippen molar-refractivity contribution in [1.29, 1.82) is 0 Å². The molecular formula is C9H12ClNOS. The van der Waals surface area contributed by atoms with E-state index in [1.54, 1.807) is 11.8 Å². The zero-order chi connectivity index (χ0) is 9.68. The molecule has 0 saturated carbocycles. The highest BCUT2D eigenvalue weighted by atomic mass is 35.5. The number of anilines is 1. The Kier molecular flexibility index (Phi) is 4.42. The van der Waals surface area contributed by atoms with E-state index in [1.165, 1.54) is 0 Å². The summed E-state index contributed by atoms with van der Waals surface area (Å²) in [5, 5.41) is 9.20. The van der Waals surface area contributed by atoms with E-state index in [2.05, 4.69) is 0 Å². The summed E-state index contributed by atoms with van der Waals surface area (Å²) in [4.78, 5) is 1.10. The molecule has 1 aromatic carbocycles. The van der Waals surface area contributed by atoms with Crippen molar-refractivity contribution in [3.63, 3.8) is 0 Å². The summed E-state index contributed by atoms with van der Waals surface area (Å²) in [6.07, 6.45) is -0.441. The van der Waals surface area contributed by atoms with Crippen LogP contribution in [0.15, 0.2) is 29.2 Å². The van der Waals surface area contributed by atoms with Crippen LogP contribution in [0.25, 0.3) is 0 Å². The van der Waals surface area contributed by atoms with Crippen molar-refractivity contribution >= 4 is 29.1 Å². The molecule has 1 aromatic rings. The molecule has 0 aliphatic rings. The van der Waals surface area contributed by atoms with Crippen LogP contribution >= 0.6 is 23.4 Å². The van der Waals surface area contributed by atoms with Crippen LogP contribution in [-0.2, 0) is 0 Å². The Hall–Kier alpha value is -0.380. The number of alkyl halides is 1. The maximum Gasteiger partial charge on any atom is 0.0769 e. The number of hydrogen-bond donors (Lipinski definition) is 2. The molecule has 72 valence electrons. The molecule has 0 fully saturated rings. The first kappa shape index (κ1) is 10.7. The first-order chi connectivity index (χ1) is 6.22. The topological polar surface area (TPSA) is 46.2 Å². The van der Waals surface area contributed by atoms with Crippen LogP contribution in [0.4, 0.5) is 5.69 Å². The van der Waals surface area contributed by atoms with Crippen molar-refractivity contribution in [2.75, 3.05) is 17.4 Å². The number of benzene rings is 1. The molecular weight excluding hydrogens is 206 g/mol. The van der Waals surface area contributed by atoms with Crippen LogP contribution in [0.2, 0.25) is 0 Å². The number of aliphatic hydroxyl groups is 1. The Bertz CT molecular complexity index is 252. The standard InChI is InChI=1S/C9H12ClNOS/c10-5-8(12)6-13-9-3-1-7(11)2-4-9/h1-4,8,12H,5-6,11H2. The molecule has 0 aliphatic heterocycles. The summed E-state index contributed by atoms with van der Waals surface area (Å²) >= 11 is 7.03. The minimum Gasteiger partial charge on any atom is -0.399 e. The summed E-state index contributed by atoms with van der Waals surface area (Å²) < 4.78 is 0. The molecule has 0 saturated heterocycles. The molecule has 13 heavy (non-hydrogen) atoms.